The van der Waals surface area contributed by atoms with E-state index in [1.807, 2.05) is 0 Å². The number of hydrogen-bond acceptors (Lipinski definition) is 8. The lowest BCUT2D eigenvalue weighted by molar-refractivity contribution is -0.144. The van der Waals surface area contributed by atoms with Crippen LogP contribution in [0.4, 0.5) is 0 Å². The lowest BCUT2D eigenvalue weighted by Crippen LogP contribution is -2.61. The van der Waals surface area contributed by atoms with E-state index in [-0.39, 0.29) is 0 Å². The summed E-state index contributed by atoms with van der Waals surface area (Å²) in [6, 6.07) is -5.81. The molecule has 0 aromatic carbocycles. The lowest BCUT2D eigenvalue weighted by Gasteiger charge is -2.27. The minimum absolute atomic E-state index is 0.486. The van der Waals surface area contributed by atoms with Gasteiger partial charge >= 0.3 is 5.97 Å². The van der Waals surface area contributed by atoms with Gasteiger partial charge < -0.3 is 42.7 Å². The summed E-state index contributed by atoms with van der Waals surface area (Å²) in [5.41, 5.74) is 10.6. The number of aliphatic carboxylic acids is 1. The molecule has 4 amide bonds. The second-order valence-electron chi connectivity index (χ2n) is 7.29. The predicted octanol–water partition coefficient (Wildman–Crippen LogP) is -3.85. The van der Waals surface area contributed by atoms with Crippen LogP contribution in [-0.2, 0) is 24.0 Å². The number of nitrogens with one attached hydrogen (secondary N) is 3. The number of primary amides is 1. The highest BCUT2D eigenvalue weighted by atomic mass is 16.4. The van der Waals surface area contributed by atoms with Crippen molar-refractivity contribution in [3.8, 4) is 0 Å². The standard InChI is InChI=1S/C17H31N5O8/c1-6(2)12(17(29)30)21-16(28)13(8(4)24)22-14(26)9(5-10(18)25)20-15(27)11(19)7(3)23/h6-9,11-13,23-24H,5,19H2,1-4H3,(H2,18,25)(H,20,27)(H,21,28)(H,22,26)(H,29,30). The monoisotopic (exact) mass is 433 g/mol. The molecule has 0 spiro atoms. The number of carbonyl (C=O) groups excluding carboxylic acids is 4. The largest absolute Gasteiger partial charge is 0.480 e. The summed E-state index contributed by atoms with van der Waals surface area (Å²) in [7, 11) is 0. The number of carboxylic acids is 1. The van der Waals surface area contributed by atoms with Crippen molar-refractivity contribution >= 4 is 29.6 Å². The molecule has 0 aromatic rings. The van der Waals surface area contributed by atoms with Crippen molar-refractivity contribution in [2.24, 2.45) is 17.4 Å². The van der Waals surface area contributed by atoms with Crippen molar-refractivity contribution in [3.05, 3.63) is 0 Å². The van der Waals surface area contributed by atoms with Crippen molar-refractivity contribution in [2.45, 2.75) is 70.5 Å². The molecule has 0 bridgehead atoms. The maximum atomic E-state index is 12.5. The van der Waals surface area contributed by atoms with Gasteiger partial charge in [0.15, 0.2) is 0 Å². The van der Waals surface area contributed by atoms with E-state index in [1.165, 1.54) is 13.8 Å². The fraction of sp³-hybridized carbons (Fsp3) is 0.706. The van der Waals surface area contributed by atoms with Crippen molar-refractivity contribution in [3.63, 3.8) is 0 Å². The first-order chi connectivity index (χ1) is 13.7. The molecule has 30 heavy (non-hydrogen) atoms. The van der Waals surface area contributed by atoms with E-state index in [4.69, 9.17) is 11.5 Å². The molecule has 0 fully saturated rings. The summed E-state index contributed by atoms with van der Waals surface area (Å²) in [6.07, 6.45) is -3.34. The normalized spacial score (nSPS) is 17.1. The zero-order valence-corrected chi connectivity index (χ0v) is 17.3. The molecule has 0 aliphatic rings. The molecule has 172 valence electrons. The van der Waals surface area contributed by atoms with Gasteiger partial charge in [0.2, 0.25) is 23.6 Å². The van der Waals surface area contributed by atoms with Crippen molar-refractivity contribution in [1.82, 2.24) is 16.0 Å². The van der Waals surface area contributed by atoms with Crippen LogP contribution in [0.2, 0.25) is 0 Å². The smallest absolute Gasteiger partial charge is 0.326 e. The fourth-order valence-electron chi connectivity index (χ4n) is 2.31. The number of amides is 4. The van der Waals surface area contributed by atoms with Gasteiger partial charge in [0.25, 0.3) is 0 Å². The first-order valence-corrected chi connectivity index (χ1v) is 9.22. The Bertz CT molecular complexity index is 652. The number of carboxylic acid groups (broad SMARTS) is 1. The highest BCUT2D eigenvalue weighted by Gasteiger charge is 2.34. The highest BCUT2D eigenvalue weighted by Crippen LogP contribution is 2.05. The predicted molar refractivity (Wildman–Crippen MR) is 103 cm³/mol. The van der Waals surface area contributed by atoms with Crippen molar-refractivity contribution in [2.75, 3.05) is 0 Å². The van der Waals surface area contributed by atoms with Gasteiger partial charge in [-0.25, -0.2) is 4.79 Å². The molecule has 13 heteroatoms. The van der Waals surface area contributed by atoms with Crippen LogP contribution < -0.4 is 27.4 Å². The molecule has 0 aliphatic heterocycles. The van der Waals surface area contributed by atoms with E-state index in [9.17, 15) is 39.3 Å². The quantitative estimate of drug-likeness (QED) is 0.150. The number of aliphatic hydroxyl groups is 2. The summed E-state index contributed by atoms with van der Waals surface area (Å²) in [6.45, 7) is 5.53. The van der Waals surface area contributed by atoms with Crippen LogP contribution >= 0.6 is 0 Å². The second kappa shape index (κ2) is 12.0. The minimum Gasteiger partial charge on any atom is -0.480 e. The Balaban J connectivity index is 5.46. The zero-order chi connectivity index (χ0) is 23.8. The number of carbonyl (C=O) groups is 5. The van der Waals surface area contributed by atoms with Crippen LogP contribution in [-0.4, -0.2) is 81.3 Å². The Morgan fingerprint density at radius 1 is 0.800 bits per heavy atom. The van der Waals surface area contributed by atoms with Crippen molar-refractivity contribution in [1.29, 1.82) is 0 Å². The van der Waals surface area contributed by atoms with E-state index in [1.54, 1.807) is 13.8 Å². The molecule has 0 rings (SSSR count). The van der Waals surface area contributed by atoms with Gasteiger partial charge in [-0.1, -0.05) is 13.8 Å². The van der Waals surface area contributed by atoms with Crippen LogP contribution in [0.15, 0.2) is 0 Å². The Morgan fingerprint density at radius 2 is 1.30 bits per heavy atom. The van der Waals surface area contributed by atoms with Crippen LogP contribution in [0.1, 0.15) is 34.1 Å². The van der Waals surface area contributed by atoms with Crippen LogP contribution in [0.25, 0.3) is 0 Å². The summed E-state index contributed by atoms with van der Waals surface area (Å²) < 4.78 is 0. The Labute approximate surface area is 173 Å². The summed E-state index contributed by atoms with van der Waals surface area (Å²) in [5.74, 6) is -5.72. The number of hydrogen-bond donors (Lipinski definition) is 8. The molecule has 0 aromatic heterocycles. The Kier molecular flexibility index (Phi) is 10.9. The Hall–Kier alpha value is -2.77. The van der Waals surface area contributed by atoms with E-state index >= 15 is 0 Å². The van der Waals surface area contributed by atoms with Crippen LogP contribution in [0.5, 0.6) is 0 Å². The number of nitrogens with two attached hydrogens (primary N) is 2. The summed E-state index contributed by atoms with van der Waals surface area (Å²) >= 11 is 0. The van der Waals surface area contributed by atoms with E-state index < -0.39 is 78.3 Å². The molecular formula is C17H31N5O8. The molecule has 0 radical (unpaired) electrons. The lowest BCUT2D eigenvalue weighted by atomic mass is 10.0. The zero-order valence-electron chi connectivity index (χ0n) is 17.3. The molecular weight excluding hydrogens is 402 g/mol. The van der Waals surface area contributed by atoms with E-state index in [0.29, 0.717) is 0 Å². The summed E-state index contributed by atoms with van der Waals surface area (Å²) in [4.78, 5) is 59.5. The fourth-order valence-corrected chi connectivity index (χ4v) is 2.31. The molecule has 6 unspecified atom stereocenters. The highest BCUT2D eigenvalue weighted by molar-refractivity contribution is 5.96. The third-order valence-corrected chi connectivity index (χ3v) is 4.15. The van der Waals surface area contributed by atoms with Gasteiger partial charge in [-0.2, -0.15) is 0 Å². The maximum Gasteiger partial charge on any atom is 0.326 e. The van der Waals surface area contributed by atoms with Crippen LogP contribution in [0, 0.1) is 5.92 Å². The molecule has 13 nitrogen and oxygen atoms in total. The number of rotatable bonds is 12. The van der Waals surface area contributed by atoms with Gasteiger partial charge in [0, 0.05) is 0 Å². The molecule has 10 N–H and O–H groups in total. The van der Waals surface area contributed by atoms with Gasteiger partial charge in [0.05, 0.1) is 18.6 Å². The van der Waals surface area contributed by atoms with Gasteiger partial charge in [-0.05, 0) is 19.8 Å². The van der Waals surface area contributed by atoms with E-state index in [2.05, 4.69) is 16.0 Å². The third kappa shape index (κ3) is 8.71. The SMILES string of the molecule is CC(C)C(NC(=O)C(NC(=O)C(CC(N)=O)NC(=O)C(N)C(C)O)C(C)O)C(=O)O. The van der Waals surface area contributed by atoms with Gasteiger partial charge in [-0.3, -0.25) is 19.2 Å². The van der Waals surface area contributed by atoms with E-state index in [0.717, 1.165) is 0 Å². The van der Waals surface area contributed by atoms with Gasteiger partial charge in [0.1, 0.15) is 24.2 Å². The third-order valence-electron chi connectivity index (χ3n) is 4.15. The average molecular weight is 433 g/mol. The number of aliphatic hydroxyl groups excluding tert-OH is 2. The average Bonchev–Trinajstić information content (AvgIpc) is 2.60. The second-order valence-corrected chi connectivity index (χ2v) is 7.29. The first kappa shape index (κ1) is 27.2. The maximum absolute atomic E-state index is 12.5. The minimum atomic E-state index is -1.59. The molecule has 0 saturated carbocycles. The topological polar surface area (TPSA) is 234 Å². The van der Waals surface area contributed by atoms with Crippen LogP contribution in [0.3, 0.4) is 0 Å². The van der Waals surface area contributed by atoms with Gasteiger partial charge in [-0.15, -0.1) is 0 Å². The molecule has 0 saturated heterocycles. The molecule has 6 atom stereocenters. The first-order valence-electron chi connectivity index (χ1n) is 9.22. The molecule has 0 aliphatic carbocycles. The summed E-state index contributed by atoms with van der Waals surface area (Å²) in [5, 5.41) is 34.9. The Morgan fingerprint density at radius 3 is 1.67 bits per heavy atom. The molecule has 0 heterocycles. The van der Waals surface area contributed by atoms with Crippen molar-refractivity contribution < 1.29 is 39.3 Å².